The molecule has 0 spiro atoms. The quantitative estimate of drug-likeness (QED) is 0.352. The highest BCUT2D eigenvalue weighted by Crippen LogP contribution is 2.21. The lowest BCUT2D eigenvalue weighted by molar-refractivity contribution is -0.384. The van der Waals surface area contributed by atoms with Gasteiger partial charge in [-0.1, -0.05) is 6.92 Å². The SMILES string of the molecule is CCCNc1ncc([N+](=O)[O-])c(NCCCCO)n1. The van der Waals surface area contributed by atoms with Crippen LogP contribution in [0.1, 0.15) is 26.2 Å². The molecular weight excluding hydrogens is 250 g/mol. The first-order chi connectivity index (χ1) is 9.19. The fourth-order valence-electron chi connectivity index (χ4n) is 1.40. The smallest absolute Gasteiger partial charge is 0.329 e. The summed E-state index contributed by atoms with van der Waals surface area (Å²) in [5, 5.41) is 25.4. The second-order valence-electron chi connectivity index (χ2n) is 3.97. The van der Waals surface area contributed by atoms with Crippen LogP contribution in [0.5, 0.6) is 0 Å². The Labute approximate surface area is 111 Å². The zero-order valence-corrected chi connectivity index (χ0v) is 10.9. The molecule has 0 unspecified atom stereocenters. The molecule has 0 atom stereocenters. The van der Waals surface area contributed by atoms with Crippen LogP contribution in [-0.4, -0.2) is 39.7 Å². The van der Waals surface area contributed by atoms with E-state index < -0.39 is 4.92 Å². The molecule has 106 valence electrons. The summed E-state index contributed by atoms with van der Waals surface area (Å²) in [4.78, 5) is 18.3. The van der Waals surface area contributed by atoms with Gasteiger partial charge in [0, 0.05) is 19.7 Å². The fraction of sp³-hybridized carbons (Fsp3) is 0.636. The number of rotatable bonds is 9. The van der Waals surface area contributed by atoms with Crippen molar-refractivity contribution in [2.45, 2.75) is 26.2 Å². The molecule has 0 aromatic carbocycles. The van der Waals surface area contributed by atoms with Crippen molar-refractivity contribution in [3.8, 4) is 0 Å². The fourth-order valence-corrected chi connectivity index (χ4v) is 1.40. The minimum absolute atomic E-state index is 0.108. The molecule has 8 heteroatoms. The number of hydrogen-bond acceptors (Lipinski definition) is 7. The van der Waals surface area contributed by atoms with Gasteiger partial charge in [0.15, 0.2) is 0 Å². The zero-order chi connectivity index (χ0) is 14.1. The summed E-state index contributed by atoms with van der Waals surface area (Å²) in [6.45, 7) is 3.34. The lowest BCUT2D eigenvalue weighted by atomic mass is 10.3. The van der Waals surface area contributed by atoms with Gasteiger partial charge < -0.3 is 15.7 Å². The van der Waals surface area contributed by atoms with E-state index >= 15 is 0 Å². The molecule has 19 heavy (non-hydrogen) atoms. The standard InChI is InChI=1S/C11H19N5O3/c1-2-5-13-11-14-8-9(16(18)19)10(15-11)12-6-3-4-7-17/h8,17H,2-7H2,1H3,(H2,12,13,14,15). The van der Waals surface area contributed by atoms with E-state index in [4.69, 9.17) is 5.11 Å². The van der Waals surface area contributed by atoms with Gasteiger partial charge >= 0.3 is 5.69 Å². The van der Waals surface area contributed by atoms with Gasteiger partial charge in [-0.3, -0.25) is 10.1 Å². The lowest BCUT2D eigenvalue weighted by Crippen LogP contribution is -2.10. The number of aliphatic hydroxyl groups excluding tert-OH is 1. The number of unbranched alkanes of at least 4 members (excludes halogenated alkanes) is 1. The minimum atomic E-state index is -0.516. The van der Waals surface area contributed by atoms with Gasteiger partial charge in [0.25, 0.3) is 0 Å². The Morgan fingerprint density at radius 2 is 2.16 bits per heavy atom. The van der Waals surface area contributed by atoms with Crippen LogP contribution in [0.25, 0.3) is 0 Å². The molecule has 1 heterocycles. The highest BCUT2D eigenvalue weighted by atomic mass is 16.6. The van der Waals surface area contributed by atoms with E-state index in [1.54, 1.807) is 0 Å². The van der Waals surface area contributed by atoms with Gasteiger partial charge in [0.1, 0.15) is 6.20 Å². The van der Waals surface area contributed by atoms with E-state index in [2.05, 4.69) is 20.6 Å². The summed E-state index contributed by atoms with van der Waals surface area (Å²) in [7, 11) is 0. The molecule has 8 nitrogen and oxygen atoms in total. The maximum absolute atomic E-state index is 10.9. The highest BCUT2D eigenvalue weighted by molar-refractivity contribution is 5.56. The van der Waals surface area contributed by atoms with Crippen LogP contribution in [-0.2, 0) is 0 Å². The van der Waals surface area contributed by atoms with E-state index in [0.717, 1.165) is 12.8 Å². The molecule has 1 aromatic heterocycles. The average Bonchev–Trinajstić information content (AvgIpc) is 2.41. The van der Waals surface area contributed by atoms with Crippen LogP contribution in [0.15, 0.2) is 6.20 Å². The van der Waals surface area contributed by atoms with E-state index in [-0.39, 0.29) is 18.1 Å². The summed E-state index contributed by atoms with van der Waals surface area (Å²) < 4.78 is 0. The number of aromatic nitrogens is 2. The third-order valence-corrected chi connectivity index (χ3v) is 2.38. The van der Waals surface area contributed by atoms with Crippen molar-refractivity contribution in [3.05, 3.63) is 16.3 Å². The number of anilines is 2. The van der Waals surface area contributed by atoms with Crippen molar-refractivity contribution in [1.82, 2.24) is 9.97 Å². The zero-order valence-electron chi connectivity index (χ0n) is 10.9. The first kappa shape index (κ1) is 15.1. The van der Waals surface area contributed by atoms with Gasteiger partial charge in [0.2, 0.25) is 11.8 Å². The molecule has 0 fully saturated rings. The molecule has 1 aromatic rings. The predicted molar refractivity (Wildman–Crippen MR) is 72.3 cm³/mol. The van der Waals surface area contributed by atoms with E-state index in [9.17, 15) is 10.1 Å². The van der Waals surface area contributed by atoms with Crippen LogP contribution >= 0.6 is 0 Å². The molecular formula is C11H19N5O3. The van der Waals surface area contributed by atoms with Crippen molar-refractivity contribution in [3.63, 3.8) is 0 Å². The molecule has 0 saturated carbocycles. The Morgan fingerprint density at radius 1 is 1.37 bits per heavy atom. The van der Waals surface area contributed by atoms with Gasteiger partial charge in [-0.25, -0.2) is 4.98 Å². The third-order valence-electron chi connectivity index (χ3n) is 2.38. The molecule has 0 bridgehead atoms. The summed E-state index contributed by atoms with van der Waals surface area (Å²) in [6.07, 6.45) is 3.47. The summed E-state index contributed by atoms with van der Waals surface area (Å²) in [5.74, 6) is 0.577. The monoisotopic (exact) mass is 269 g/mol. The number of aliphatic hydroxyl groups is 1. The average molecular weight is 269 g/mol. The van der Waals surface area contributed by atoms with E-state index in [0.29, 0.717) is 25.5 Å². The number of nitro groups is 1. The van der Waals surface area contributed by atoms with Gasteiger partial charge in [-0.2, -0.15) is 4.98 Å². The maximum Gasteiger partial charge on any atom is 0.329 e. The first-order valence-corrected chi connectivity index (χ1v) is 6.29. The van der Waals surface area contributed by atoms with Gasteiger partial charge in [-0.15, -0.1) is 0 Å². The van der Waals surface area contributed by atoms with Gasteiger partial charge in [-0.05, 0) is 19.3 Å². The first-order valence-electron chi connectivity index (χ1n) is 6.29. The van der Waals surface area contributed by atoms with Crippen molar-refractivity contribution < 1.29 is 10.0 Å². The van der Waals surface area contributed by atoms with Crippen LogP contribution in [0.3, 0.4) is 0 Å². The van der Waals surface area contributed by atoms with Gasteiger partial charge in [0.05, 0.1) is 4.92 Å². The minimum Gasteiger partial charge on any atom is -0.396 e. The van der Waals surface area contributed by atoms with Crippen LogP contribution in [0.2, 0.25) is 0 Å². The Morgan fingerprint density at radius 3 is 2.79 bits per heavy atom. The lowest BCUT2D eigenvalue weighted by Gasteiger charge is -2.08. The van der Waals surface area contributed by atoms with Crippen LogP contribution in [0, 0.1) is 10.1 Å². The van der Waals surface area contributed by atoms with Crippen molar-refractivity contribution in [2.75, 3.05) is 30.3 Å². The van der Waals surface area contributed by atoms with Crippen LogP contribution < -0.4 is 10.6 Å². The normalized spacial score (nSPS) is 10.2. The van der Waals surface area contributed by atoms with Crippen LogP contribution in [0.4, 0.5) is 17.5 Å². The molecule has 1 rings (SSSR count). The largest absolute Gasteiger partial charge is 0.396 e. The molecule has 0 aliphatic carbocycles. The molecule has 0 saturated heterocycles. The Hall–Kier alpha value is -1.96. The Balaban J connectivity index is 2.74. The van der Waals surface area contributed by atoms with Crippen molar-refractivity contribution in [2.24, 2.45) is 0 Å². The Bertz CT molecular complexity index is 413. The molecule has 0 aliphatic heterocycles. The van der Waals surface area contributed by atoms with Crippen molar-refractivity contribution >= 4 is 17.5 Å². The molecule has 0 amide bonds. The van der Waals surface area contributed by atoms with E-state index in [1.807, 2.05) is 6.92 Å². The Kier molecular flexibility index (Phi) is 6.51. The third kappa shape index (κ3) is 5.04. The number of hydrogen-bond donors (Lipinski definition) is 3. The summed E-state index contributed by atoms with van der Waals surface area (Å²) in [5.41, 5.74) is -0.147. The topological polar surface area (TPSA) is 113 Å². The second-order valence-corrected chi connectivity index (χ2v) is 3.97. The predicted octanol–water partition coefficient (Wildman–Crippen LogP) is 1.39. The molecule has 0 radical (unpaired) electrons. The maximum atomic E-state index is 10.9. The molecule has 0 aliphatic rings. The summed E-state index contributed by atoms with van der Waals surface area (Å²) >= 11 is 0. The second kappa shape index (κ2) is 8.20. The number of nitrogens with zero attached hydrogens (tertiary/aromatic N) is 3. The van der Waals surface area contributed by atoms with E-state index in [1.165, 1.54) is 6.20 Å². The molecule has 3 N–H and O–H groups in total. The van der Waals surface area contributed by atoms with Crippen molar-refractivity contribution in [1.29, 1.82) is 0 Å². The number of nitrogens with one attached hydrogen (secondary N) is 2. The summed E-state index contributed by atoms with van der Waals surface area (Å²) in [6, 6.07) is 0. The highest BCUT2D eigenvalue weighted by Gasteiger charge is 2.16.